The van der Waals surface area contributed by atoms with Gasteiger partial charge < -0.3 is 9.80 Å². The van der Waals surface area contributed by atoms with E-state index in [1.54, 1.807) is 6.07 Å². The van der Waals surface area contributed by atoms with E-state index in [9.17, 15) is 4.79 Å². The van der Waals surface area contributed by atoms with E-state index in [2.05, 4.69) is 28.1 Å². The highest BCUT2D eigenvalue weighted by Crippen LogP contribution is 2.32. The maximum absolute atomic E-state index is 12.9. The number of nitrogens with zero attached hydrogens (tertiary/aromatic N) is 4. The molecule has 0 unspecified atom stereocenters. The van der Waals surface area contributed by atoms with Crippen molar-refractivity contribution in [2.75, 3.05) is 18.0 Å². The first-order chi connectivity index (χ1) is 12.2. The summed E-state index contributed by atoms with van der Waals surface area (Å²) in [5.74, 6) is 1.05. The van der Waals surface area contributed by atoms with Gasteiger partial charge in [0.25, 0.3) is 0 Å². The molecule has 2 atom stereocenters. The second-order valence-corrected chi connectivity index (χ2v) is 6.78. The van der Waals surface area contributed by atoms with Gasteiger partial charge in [-0.2, -0.15) is 5.26 Å². The molecule has 5 heteroatoms. The van der Waals surface area contributed by atoms with Gasteiger partial charge >= 0.3 is 0 Å². The Labute approximate surface area is 147 Å². The number of nitriles is 1. The molecule has 1 aromatic heterocycles. The lowest BCUT2D eigenvalue weighted by atomic mass is 9.93. The van der Waals surface area contributed by atoms with Gasteiger partial charge in [-0.3, -0.25) is 4.79 Å². The highest BCUT2D eigenvalue weighted by atomic mass is 16.2. The molecule has 1 aromatic carbocycles. The fourth-order valence-electron chi connectivity index (χ4n) is 3.88. The van der Waals surface area contributed by atoms with Crippen LogP contribution >= 0.6 is 0 Å². The third-order valence-corrected chi connectivity index (χ3v) is 5.16. The molecule has 2 bridgehead atoms. The van der Waals surface area contributed by atoms with Gasteiger partial charge in [-0.15, -0.1) is 0 Å². The fraction of sp³-hybridized carbons (Fsp3) is 0.350. The third kappa shape index (κ3) is 3.08. The second-order valence-electron chi connectivity index (χ2n) is 6.78. The highest BCUT2D eigenvalue weighted by Gasteiger charge is 2.40. The molecule has 2 aromatic rings. The van der Waals surface area contributed by atoms with E-state index in [-0.39, 0.29) is 17.9 Å². The number of carbonyl (C=O) groups excluding carboxylic acids is 1. The van der Waals surface area contributed by atoms with Crippen LogP contribution in [0.3, 0.4) is 0 Å². The predicted molar refractivity (Wildman–Crippen MR) is 94.7 cm³/mol. The molecular formula is C20H20N4O. The predicted octanol–water partition coefficient (Wildman–Crippen LogP) is 2.58. The van der Waals surface area contributed by atoms with Crippen molar-refractivity contribution in [3.8, 4) is 6.07 Å². The van der Waals surface area contributed by atoms with Crippen molar-refractivity contribution in [1.29, 1.82) is 5.26 Å². The summed E-state index contributed by atoms with van der Waals surface area (Å²) in [5.41, 5.74) is 1.58. The van der Waals surface area contributed by atoms with E-state index in [0.29, 0.717) is 18.8 Å². The number of aromatic nitrogens is 1. The number of anilines is 1. The average molecular weight is 332 g/mol. The van der Waals surface area contributed by atoms with Gasteiger partial charge in [0.1, 0.15) is 17.6 Å². The zero-order chi connectivity index (χ0) is 17.2. The van der Waals surface area contributed by atoms with Crippen molar-refractivity contribution in [2.45, 2.75) is 25.4 Å². The molecule has 0 N–H and O–H groups in total. The quantitative estimate of drug-likeness (QED) is 0.867. The number of hydrogen-bond donors (Lipinski definition) is 0. The SMILES string of the molecule is N#Cc1cccc(N2C[C@@H]3CC[C@H](C2)N(Cc2ccccc2)C3=O)n1. The van der Waals surface area contributed by atoms with Crippen LogP contribution in [0.1, 0.15) is 24.1 Å². The van der Waals surface area contributed by atoms with E-state index < -0.39 is 0 Å². The summed E-state index contributed by atoms with van der Waals surface area (Å²) in [7, 11) is 0. The lowest BCUT2D eigenvalue weighted by Gasteiger charge is -2.36. The highest BCUT2D eigenvalue weighted by molar-refractivity contribution is 5.81. The van der Waals surface area contributed by atoms with Gasteiger partial charge in [0.2, 0.25) is 5.91 Å². The number of piperidine rings is 1. The van der Waals surface area contributed by atoms with Crippen LogP contribution in [0.25, 0.3) is 0 Å². The van der Waals surface area contributed by atoms with Crippen LogP contribution in [0.4, 0.5) is 5.82 Å². The molecule has 3 saturated heterocycles. The van der Waals surface area contributed by atoms with Crippen molar-refractivity contribution in [3.63, 3.8) is 0 Å². The van der Waals surface area contributed by atoms with Crippen molar-refractivity contribution in [1.82, 2.24) is 9.88 Å². The van der Waals surface area contributed by atoms with E-state index in [1.807, 2.05) is 35.2 Å². The minimum atomic E-state index is 0.00926. The van der Waals surface area contributed by atoms with Gasteiger partial charge in [-0.25, -0.2) is 4.98 Å². The summed E-state index contributed by atoms with van der Waals surface area (Å²) in [4.78, 5) is 21.6. The van der Waals surface area contributed by atoms with Crippen molar-refractivity contribution >= 4 is 11.7 Å². The van der Waals surface area contributed by atoms with Crippen molar-refractivity contribution < 1.29 is 4.79 Å². The van der Waals surface area contributed by atoms with Gasteiger partial charge in [0.15, 0.2) is 0 Å². The molecule has 126 valence electrons. The first kappa shape index (κ1) is 15.6. The monoisotopic (exact) mass is 332 g/mol. The summed E-state index contributed by atoms with van der Waals surface area (Å²) in [6.45, 7) is 2.12. The molecule has 3 aliphatic rings. The summed E-state index contributed by atoms with van der Waals surface area (Å²) in [5, 5.41) is 9.09. The molecular weight excluding hydrogens is 312 g/mol. The zero-order valence-electron chi connectivity index (χ0n) is 14.0. The van der Waals surface area contributed by atoms with Crippen molar-refractivity contribution in [2.24, 2.45) is 5.92 Å². The summed E-state index contributed by atoms with van der Waals surface area (Å²) in [6, 6.07) is 18.0. The van der Waals surface area contributed by atoms with Gasteiger partial charge in [0.05, 0.1) is 5.92 Å². The van der Waals surface area contributed by atoms with Gasteiger partial charge in [-0.1, -0.05) is 36.4 Å². The van der Waals surface area contributed by atoms with E-state index in [4.69, 9.17) is 5.26 Å². The Balaban J connectivity index is 1.59. The standard InChI is InChI=1S/C20H20N4O/c21-11-17-7-4-8-19(22-17)23-13-16-9-10-18(14-23)24(20(16)25)12-15-5-2-1-3-6-15/h1-8,16,18H,9-10,12-14H2/t16-,18+/m0/s1. The number of amides is 1. The Hall–Kier alpha value is -2.87. The molecule has 0 saturated carbocycles. The van der Waals surface area contributed by atoms with Gasteiger partial charge in [0, 0.05) is 25.7 Å². The first-order valence-electron chi connectivity index (χ1n) is 8.71. The van der Waals surface area contributed by atoms with Crippen LogP contribution in [0.15, 0.2) is 48.5 Å². The molecule has 0 spiro atoms. The molecule has 3 fully saturated rings. The van der Waals surface area contributed by atoms with E-state index in [0.717, 1.165) is 25.2 Å². The molecule has 0 radical (unpaired) electrons. The lowest BCUT2D eigenvalue weighted by molar-refractivity contribution is -0.140. The lowest BCUT2D eigenvalue weighted by Crippen LogP contribution is -2.47. The first-order valence-corrected chi connectivity index (χ1v) is 8.71. The van der Waals surface area contributed by atoms with Crippen LogP contribution in [0.2, 0.25) is 0 Å². The number of rotatable bonds is 3. The van der Waals surface area contributed by atoms with Crippen LogP contribution in [-0.4, -0.2) is 34.9 Å². The van der Waals surface area contributed by atoms with Gasteiger partial charge in [-0.05, 0) is 30.5 Å². The Kier molecular flexibility index (Phi) is 4.10. The van der Waals surface area contributed by atoms with Crippen LogP contribution < -0.4 is 4.90 Å². The Morgan fingerprint density at radius 2 is 1.92 bits per heavy atom. The second kappa shape index (κ2) is 6.56. The number of benzene rings is 1. The Bertz CT molecular complexity index is 814. The number of fused-ring (bicyclic) bond motifs is 4. The summed E-state index contributed by atoms with van der Waals surface area (Å²) < 4.78 is 0. The molecule has 5 nitrogen and oxygen atoms in total. The minimum absolute atomic E-state index is 0.00926. The molecule has 1 amide bonds. The summed E-state index contributed by atoms with van der Waals surface area (Å²) >= 11 is 0. The maximum Gasteiger partial charge on any atom is 0.228 e. The molecule has 3 aliphatic heterocycles. The van der Waals surface area contributed by atoms with Crippen LogP contribution in [0.5, 0.6) is 0 Å². The average Bonchev–Trinajstić information content (AvgIpc) is 2.95. The van der Waals surface area contributed by atoms with E-state index in [1.165, 1.54) is 5.56 Å². The molecule has 25 heavy (non-hydrogen) atoms. The van der Waals surface area contributed by atoms with E-state index >= 15 is 0 Å². The third-order valence-electron chi connectivity index (χ3n) is 5.16. The largest absolute Gasteiger partial charge is 0.354 e. The molecule has 4 heterocycles. The maximum atomic E-state index is 12.9. The number of carbonyl (C=O) groups is 1. The number of hydrogen-bond acceptors (Lipinski definition) is 4. The Morgan fingerprint density at radius 1 is 1.08 bits per heavy atom. The summed E-state index contributed by atoms with van der Waals surface area (Å²) in [6.07, 6.45) is 1.96. The van der Waals surface area contributed by atoms with Crippen molar-refractivity contribution in [3.05, 3.63) is 59.8 Å². The fourth-order valence-corrected chi connectivity index (χ4v) is 3.88. The molecule has 5 rings (SSSR count). The van der Waals surface area contributed by atoms with Crippen LogP contribution in [-0.2, 0) is 11.3 Å². The zero-order valence-corrected chi connectivity index (χ0v) is 14.0. The smallest absolute Gasteiger partial charge is 0.228 e. The number of pyridine rings is 1. The minimum Gasteiger partial charge on any atom is -0.354 e. The topological polar surface area (TPSA) is 60.2 Å². The molecule has 0 aliphatic carbocycles. The normalized spacial score (nSPS) is 22.6. The van der Waals surface area contributed by atoms with Crippen LogP contribution in [0, 0.1) is 17.2 Å². The Morgan fingerprint density at radius 3 is 2.72 bits per heavy atom.